The van der Waals surface area contributed by atoms with Crippen LogP contribution in [0.2, 0.25) is 0 Å². The van der Waals surface area contributed by atoms with E-state index in [0.717, 1.165) is 11.1 Å². The fourth-order valence-electron chi connectivity index (χ4n) is 2.54. The first kappa shape index (κ1) is 15.4. The number of rotatable bonds is 5. The predicted octanol–water partition coefficient (Wildman–Crippen LogP) is 4.70. The van der Waals surface area contributed by atoms with Gasteiger partial charge in [-0.05, 0) is 33.3 Å². The summed E-state index contributed by atoms with van der Waals surface area (Å²) in [6, 6.07) is 16.3. The normalized spacial score (nSPS) is 10.7. The predicted molar refractivity (Wildman–Crippen MR) is 92.8 cm³/mol. The van der Waals surface area contributed by atoms with Gasteiger partial charge in [0.15, 0.2) is 5.78 Å². The van der Waals surface area contributed by atoms with Gasteiger partial charge in [-0.2, -0.15) is 0 Å². The van der Waals surface area contributed by atoms with Gasteiger partial charge in [0.1, 0.15) is 0 Å². The van der Waals surface area contributed by atoms with Crippen LogP contribution < -0.4 is 0 Å². The molecule has 0 atom stereocenters. The number of ketones is 1. The number of Topliss-reactive ketones (excluding diaryl/α,β-unsaturated/α-hetero) is 1. The van der Waals surface area contributed by atoms with Crippen LogP contribution in [0.5, 0.6) is 0 Å². The Labute approximate surface area is 138 Å². The van der Waals surface area contributed by atoms with Gasteiger partial charge in [0.05, 0.1) is 18.4 Å². The van der Waals surface area contributed by atoms with Crippen LogP contribution in [0.15, 0.2) is 53.9 Å². The minimum atomic E-state index is -0.357. The molecule has 1 aromatic heterocycles. The highest BCUT2D eigenvalue weighted by atomic mass is 32.1. The summed E-state index contributed by atoms with van der Waals surface area (Å²) in [7, 11) is 1.33. The second kappa shape index (κ2) is 6.75. The second-order valence-electron chi connectivity index (χ2n) is 5.23. The second-order valence-corrected chi connectivity index (χ2v) is 6.14. The van der Waals surface area contributed by atoms with E-state index in [4.69, 9.17) is 0 Å². The number of methoxy groups -OCH3 is 1. The lowest BCUT2D eigenvalue weighted by Crippen LogP contribution is -2.04. The van der Waals surface area contributed by atoms with Crippen LogP contribution in [0.3, 0.4) is 0 Å². The molecule has 23 heavy (non-hydrogen) atoms. The number of ether oxygens (including phenoxy) is 1. The lowest BCUT2D eigenvalue weighted by Gasteiger charge is -2.04. The minimum Gasteiger partial charge on any atom is -0.469 e. The number of hydrogen-bond acceptors (Lipinski definition) is 4. The van der Waals surface area contributed by atoms with Crippen molar-refractivity contribution in [2.75, 3.05) is 7.11 Å². The Kier molecular flexibility index (Phi) is 4.53. The van der Waals surface area contributed by atoms with Gasteiger partial charge in [0.25, 0.3) is 0 Å². The quantitative estimate of drug-likeness (QED) is 0.504. The summed E-state index contributed by atoms with van der Waals surface area (Å²) in [6.45, 7) is 0. The van der Waals surface area contributed by atoms with Crippen LogP contribution in [0.25, 0.3) is 21.9 Å². The number of carbonyl (C=O) groups excluding carboxylic acids is 2. The fourth-order valence-corrected chi connectivity index (χ4v) is 3.42. The van der Waals surface area contributed by atoms with E-state index < -0.39 is 0 Å². The SMILES string of the molecule is COC(=O)CCC(=O)c1cc(-c2cccc3ccccc23)cs1. The third kappa shape index (κ3) is 3.32. The molecule has 1 heterocycles. The summed E-state index contributed by atoms with van der Waals surface area (Å²) in [4.78, 5) is 24.0. The van der Waals surface area contributed by atoms with Crippen LogP contribution >= 0.6 is 11.3 Å². The van der Waals surface area contributed by atoms with Gasteiger partial charge in [0.2, 0.25) is 0 Å². The maximum atomic E-state index is 12.2. The van der Waals surface area contributed by atoms with Gasteiger partial charge >= 0.3 is 5.97 Å². The van der Waals surface area contributed by atoms with Crippen molar-refractivity contribution in [3.63, 3.8) is 0 Å². The Balaban J connectivity index is 1.86. The van der Waals surface area contributed by atoms with Crippen LogP contribution in [0.4, 0.5) is 0 Å². The summed E-state index contributed by atoms with van der Waals surface area (Å²) in [5.74, 6) is -0.379. The Bertz CT molecular complexity index is 858. The van der Waals surface area contributed by atoms with Gasteiger partial charge in [-0.3, -0.25) is 9.59 Å². The van der Waals surface area contributed by atoms with E-state index in [-0.39, 0.29) is 24.6 Å². The highest BCUT2D eigenvalue weighted by Gasteiger charge is 2.13. The summed E-state index contributed by atoms with van der Waals surface area (Å²) in [6.07, 6.45) is 0.305. The minimum absolute atomic E-state index is 0.0214. The highest BCUT2D eigenvalue weighted by Crippen LogP contribution is 2.32. The van der Waals surface area contributed by atoms with Crippen LogP contribution in [0, 0.1) is 0 Å². The molecule has 0 saturated heterocycles. The van der Waals surface area contributed by atoms with Gasteiger partial charge < -0.3 is 4.74 Å². The van der Waals surface area contributed by atoms with Gasteiger partial charge in [-0.1, -0.05) is 42.5 Å². The van der Waals surface area contributed by atoms with Crippen LogP contribution in [0.1, 0.15) is 22.5 Å². The molecular formula is C19H16O3S. The van der Waals surface area contributed by atoms with Crippen molar-refractivity contribution in [1.29, 1.82) is 0 Å². The Hall–Kier alpha value is -2.46. The van der Waals surface area contributed by atoms with E-state index in [1.165, 1.54) is 29.2 Å². The number of thiophene rings is 1. The van der Waals surface area contributed by atoms with Crippen LogP contribution in [-0.2, 0) is 9.53 Å². The summed E-state index contributed by atoms with van der Waals surface area (Å²) in [5, 5.41) is 4.34. The van der Waals surface area contributed by atoms with Crippen molar-refractivity contribution in [3.05, 3.63) is 58.8 Å². The van der Waals surface area contributed by atoms with E-state index in [2.05, 4.69) is 29.0 Å². The third-order valence-electron chi connectivity index (χ3n) is 3.76. The molecule has 0 unspecified atom stereocenters. The van der Waals surface area contributed by atoms with Gasteiger partial charge in [-0.15, -0.1) is 11.3 Å². The zero-order chi connectivity index (χ0) is 16.2. The van der Waals surface area contributed by atoms with Crippen molar-refractivity contribution in [2.24, 2.45) is 0 Å². The average Bonchev–Trinajstić information content (AvgIpc) is 3.08. The molecule has 0 N–H and O–H groups in total. The number of benzene rings is 2. The Morgan fingerprint density at radius 2 is 1.83 bits per heavy atom. The van der Waals surface area contributed by atoms with E-state index in [1.807, 2.05) is 29.6 Å². The van der Waals surface area contributed by atoms with Crippen molar-refractivity contribution in [1.82, 2.24) is 0 Å². The first-order valence-electron chi connectivity index (χ1n) is 7.35. The maximum Gasteiger partial charge on any atom is 0.305 e. The number of carbonyl (C=O) groups is 2. The fraction of sp³-hybridized carbons (Fsp3) is 0.158. The molecule has 0 amide bonds. The summed E-state index contributed by atoms with van der Waals surface area (Å²) < 4.78 is 4.57. The molecular weight excluding hydrogens is 308 g/mol. The molecule has 0 spiro atoms. The lowest BCUT2D eigenvalue weighted by molar-refractivity contribution is -0.140. The molecule has 0 fully saturated rings. The van der Waals surface area contributed by atoms with Crippen molar-refractivity contribution < 1.29 is 14.3 Å². The molecule has 3 aromatic rings. The van der Waals surface area contributed by atoms with E-state index in [1.54, 1.807) is 0 Å². The molecule has 4 heteroatoms. The first-order chi connectivity index (χ1) is 11.2. The van der Waals surface area contributed by atoms with E-state index >= 15 is 0 Å². The monoisotopic (exact) mass is 324 g/mol. The standard InChI is InChI=1S/C19H16O3S/c1-22-19(21)10-9-17(20)18-11-14(12-23-18)16-8-4-6-13-5-2-3-7-15(13)16/h2-8,11-12H,9-10H2,1H3. The number of hydrogen-bond donors (Lipinski definition) is 0. The summed E-state index contributed by atoms with van der Waals surface area (Å²) >= 11 is 1.42. The largest absolute Gasteiger partial charge is 0.469 e. The molecule has 2 aromatic carbocycles. The van der Waals surface area contributed by atoms with Crippen molar-refractivity contribution >= 4 is 33.9 Å². The smallest absolute Gasteiger partial charge is 0.305 e. The Morgan fingerprint density at radius 1 is 1.04 bits per heavy atom. The molecule has 116 valence electrons. The van der Waals surface area contributed by atoms with Gasteiger partial charge in [0, 0.05) is 6.42 Å². The Morgan fingerprint density at radius 3 is 2.65 bits per heavy atom. The molecule has 0 aliphatic rings. The van der Waals surface area contributed by atoms with Crippen LogP contribution in [-0.4, -0.2) is 18.9 Å². The zero-order valence-electron chi connectivity index (χ0n) is 12.7. The highest BCUT2D eigenvalue weighted by molar-refractivity contribution is 7.12. The maximum absolute atomic E-state index is 12.2. The number of fused-ring (bicyclic) bond motifs is 1. The van der Waals surface area contributed by atoms with E-state index in [9.17, 15) is 9.59 Å². The molecule has 0 bridgehead atoms. The first-order valence-corrected chi connectivity index (χ1v) is 8.23. The molecule has 3 rings (SSSR count). The zero-order valence-corrected chi connectivity index (χ0v) is 13.6. The molecule has 0 saturated carbocycles. The molecule has 3 nitrogen and oxygen atoms in total. The summed E-state index contributed by atoms with van der Waals surface area (Å²) in [5.41, 5.74) is 2.15. The number of esters is 1. The third-order valence-corrected chi connectivity index (χ3v) is 4.73. The molecule has 0 aliphatic heterocycles. The molecule has 0 aliphatic carbocycles. The lowest BCUT2D eigenvalue weighted by atomic mass is 10.00. The van der Waals surface area contributed by atoms with Crippen molar-refractivity contribution in [3.8, 4) is 11.1 Å². The molecule has 0 radical (unpaired) electrons. The topological polar surface area (TPSA) is 43.4 Å². The average molecular weight is 324 g/mol. The van der Waals surface area contributed by atoms with E-state index in [0.29, 0.717) is 4.88 Å². The van der Waals surface area contributed by atoms with Crippen molar-refractivity contribution in [2.45, 2.75) is 12.8 Å². The van der Waals surface area contributed by atoms with Gasteiger partial charge in [-0.25, -0.2) is 0 Å².